The third-order valence-corrected chi connectivity index (χ3v) is 2.48. The summed E-state index contributed by atoms with van der Waals surface area (Å²) in [6, 6.07) is 13.4. The van der Waals surface area contributed by atoms with Crippen molar-refractivity contribution in [1.82, 2.24) is 10.2 Å². The van der Waals surface area contributed by atoms with E-state index in [-0.39, 0.29) is 6.04 Å². The van der Waals surface area contributed by atoms with E-state index in [1.54, 1.807) is 6.20 Å². The number of anilines is 1. The van der Waals surface area contributed by atoms with Crippen LogP contribution in [0.2, 0.25) is 0 Å². The van der Waals surface area contributed by atoms with Gasteiger partial charge in [-0.2, -0.15) is 10.4 Å². The lowest BCUT2D eigenvalue weighted by molar-refractivity contribution is 0.860. The Hall–Kier alpha value is -2.41. The zero-order chi connectivity index (χ0) is 12.1. The number of hydrogen-bond acceptors (Lipinski definition) is 4. The Morgan fingerprint density at radius 2 is 2.00 bits per heavy atom. The van der Waals surface area contributed by atoms with Crippen LogP contribution >= 0.6 is 0 Å². The smallest absolute Gasteiger partial charge is 0.149 e. The average molecular weight is 224 g/mol. The molecule has 1 aromatic carbocycles. The summed E-state index contributed by atoms with van der Waals surface area (Å²) in [6.07, 6.45) is 1.64. The number of nitriles is 1. The van der Waals surface area contributed by atoms with Gasteiger partial charge in [-0.25, -0.2) is 0 Å². The van der Waals surface area contributed by atoms with E-state index in [1.165, 1.54) is 0 Å². The highest BCUT2D eigenvalue weighted by Gasteiger charge is 2.05. The van der Waals surface area contributed by atoms with Gasteiger partial charge in [0.1, 0.15) is 5.82 Å². The molecule has 4 heteroatoms. The molecule has 0 amide bonds. The minimum atomic E-state index is 0.124. The van der Waals surface area contributed by atoms with Gasteiger partial charge in [0, 0.05) is 12.2 Å². The summed E-state index contributed by atoms with van der Waals surface area (Å²) in [4.78, 5) is 0. The fraction of sp³-hybridized carbons (Fsp3) is 0.154. The van der Waals surface area contributed by atoms with Crippen molar-refractivity contribution in [2.45, 2.75) is 13.0 Å². The molecule has 1 N–H and O–H groups in total. The molecule has 1 heterocycles. The Kier molecular flexibility index (Phi) is 3.31. The van der Waals surface area contributed by atoms with E-state index >= 15 is 0 Å². The monoisotopic (exact) mass is 224 g/mol. The largest absolute Gasteiger partial charge is 0.362 e. The van der Waals surface area contributed by atoms with Gasteiger partial charge in [-0.05, 0) is 36.8 Å². The Bertz CT molecular complexity index is 513. The third kappa shape index (κ3) is 2.79. The van der Waals surface area contributed by atoms with Crippen LogP contribution in [0.1, 0.15) is 24.1 Å². The van der Waals surface area contributed by atoms with Crippen LogP contribution in [0.5, 0.6) is 0 Å². The second-order valence-corrected chi connectivity index (χ2v) is 3.71. The second kappa shape index (κ2) is 5.08. The SMILES string of the molecule is CC(Nc1cccnn1)c1ccc(C#N)cc1. The molecule has 1 atom stereocenters. The van der Waals surface area contributed by atoms with Gasteiger partial charge in [0.25, 0.3) is 0 Å². The van der Waals surface area contributed by atoms with Crippen molar-refractivity contribution in [2.24, 2.45) is 0 Å². The van der Waals surface area contributed by atoms with E-state index in [1.807, 2.05) is 43.3 Å². The van der Waals surface area contributed by atoms with Gasteiger partial charge < -0.3 is 5.32 Å². The first-order chi connectivity index (χ1) is 8.29. The van der Waals surface area contributed by atoms with E-state index in [4.69, 9.17) is 5.26 Å². The topological polar surface area (TPSA) is 61.6 Å². The van der Waals surface area contributed by atoms with Crippen molar-refractivity contribution < 1.29 is 0 Å². The number of benzene rings is 1. The minimum Gasteiger partial charge on any atom is -0.362 e. The van der Waals surface area contributed by atoms with E-state index in [2.05, 4.69) is 21.6 Å². The molecule has 1 unspecified atom stereocenters. The predicted molar refractivity (Wildman–Crippen MR) is 65.2 cm³/mol. The fourth-order valence-electron chi connectivity index (χ4n) is 1.53. The van der Waals surface area contributed by atoms with Crippen LogP contribution in [0.25, 0.3) is 0 Å². The second-order valence-electron chi connectivity index (χ2n) is 3.71. The number of hydrogen-bond donors (Lipinski definition) is 1. The lowest BCUT2D eigenvalue weighted by Crippen LogP contribution is -2.08. The first-order valence-corrected chi connectivity index (χ1v) is 5.34. The zero-order valence-corrected chi connectivity index (χ0v) is 9.46. The lowest BCUT2D eigenvalue weighted by atomic mass is 10.1. The molecule has 0 aliphatic rings. The molecular formula is C13H12N4. The van der Waals surface area contributed by atoms with Gasteiger partial charge in [-0.15, -0.1) is 5.10 Å². The maximum Gasteiger partial charge on any atom is 0.149 e. The first-order valence-electron chi connectivity index (χ1n) is 5.34. The van der Waals surface area contributed by atoms with Gasteiger partial charge in [-0.3, -0.25) is 0 Å². The van der Waals surface area contributed by atoms with Gasteiger partial charge in [-0.1, -0.05) is 12.1 Å². The maximum atomic E-state index is 8.72. The average Bonchev–Trinajstić information content (AvgIpc) is 2.40. The Labute approximate surface area is 99.9 Å². The molecule has 0 spiro atoms. The molecule has 0 aliphatic carbocycles. The Balaban J connectivity index is 2.10. The number of nitrogens with zero attached hydrogens (tertiary/aromatic N) is 3. The van der Waals surface area contributed by atoms with Crippen molar-refractivity contribution in [3.05, 3.63) is 53.7 Å². The molecule has 0 fully saturated rings. The molecule has 1 aromatic heterocycles. The normalized spacial score (nSPS) is 11.5. The highest BCUT2D eigenvalue weighted by Crippen LogP contribution is 2.17. The summed E-state index contributed by atoms with van der Waals surface area (Å²) < 4.78 is 0. The minimum absolute atomic E-state index is 0.124. The molecule has 0 aliphatic heterocycles. The van der Waals surface area contributed by atoms with Gasteiger partial charge >= 0.3 is 0 Å². The van der Waals surface area contributed by atoms with E-state index < -0.39 is 0 Å². The van der Waals surface area contributed by atoms with Crippen LogP contribution in [0, 0.1) is 11.3 Å². The van der Waals surface area contributed by atoms with Crippen molar-refractivity contribution >= 4 is 5.82 Å². The molecular weight excluding hydrogens is 212 g/mol. The number of nitrogens with one attached hydrogen (secondary N) is 1. The molecule has 84 valence electrons. The van der Waals surface area contributed by atoms with Crippen molar-refractivity contribution in [3.8, 4) is 6.07 Å². The van der Waals surface area contributed by atoms with Gasteiger partial charge in [0.05, 0.1) is 11.6 Å². The first kappa shape index (κ1) is 11.1. The third-order valence-electron chi connectivity index (χ3n) is 2.48. The summed E-state index contributed by atoms with van der Waals surface area (Å²) in [5.41, 5.74) is 1.77. The molecule has 0 saturated carbocycles. The Morgan fingerprint density at radius 3 is 2.59 bits per heavy atom. The van der Waals surface area contributed by atoms with Crippen LogP contribution < -0.4 is 5.32 Å². The van der Waals surface area contributed by atoms with E-state index in [0.717, 1.165) is 11.4 Å². The highest BCUT2D eigenvalue weighted by molar-refractivity contribution is 5.38. The summed E-state index contributed by atoms with van der Waals surface area (Å²) in [5, 5.41) is 19.7. The summed E-state index contributed by atoms with van der Waals surface area (Å²) in [6.45, 7) is 2.04. The molecule has 0 saturated heterocycles. The quantitative estimate of drug-likeness (QED) is 0.870. The standard InChI is InChI=1S/C13H12N4/c1-10(16-13-3-2-8-15-17-13)12-6-4-11(9-14)5-7-12/h2-8,10H,1H3,(H,16,17). The molecule has 0 bridgehead atoms. The van der Waals surface area contributed by atoms with Crippen molar-refractivity contribution in [1.29, 1.82) is 5.26 Å². The van der Waals surface area contributed by atoms with Gasteiger partial charge in [0.15, 0.2) is 0 Å². The maximum absolute atomic E-state index is 8.72. The lowest BCUT2D eigenvalue weighted by Gasteiger charge is -2.14. The van der Waals surface area contributed by atoms with Crippen LogP contribution in [0.4, 0.5) is 5.82 Å². The fourth-order valence-corrected chi connectivity index (χ4v) is 1.53. The van der Waals surface area contributed by atoms with Crippen LogP contribution in [-0.2, 0) is 0 Å². The van der Waals surface area contributed by atoms with Gasteiger partial charge in [0.2, 0.25) is 0 Å². The van der Waals surface area contributed by atoms with Crippen molar-refractivity contribution in [3.63, 3.8) is 0 Å². The summed E-state index contributed by atoms with van der Waals surface area (Å²) >= 11 is 0. The van der Waals surface area contributed by atoms with E-state index in [0.29, 0.717) is 5.56 Å². The molecule has 2 rings (SSSR count). The van der Waals surface area contributed by atoms with Crippen LogP contribution in [0.15, 0.2) is 42.6 Å². The molecule has 4 nitrogen and oxygen atoms in total. The summed E-state index contributed by atoms with van der Waals surface area (Å²) in [5.74, 6) is 0.740. The number of rotatable bonds is 3. The molecule has 17 heavy (non-hydrogen) atoms. The zero-order valence-electron chi connectivity index (χ0n) is 9.46. The molecule has 0 radical (unpaired) electrons. The predicted octanol–water partition coefficient (Wildman–Crippen LogP) is 2.52. The Morgan fingerprint density at radius 1 is 1.24 bits per heavy atom. The van der Waals surface area contributed by atoms with Crippen molar-refractivity contribution in [2.75, 3.05) is 5.32 Å². The van der Waals surface area contributed by atoms with E-state index in [9.17, 15) is 0 Å². The highest BCUT2D eigenvalue weighted by atomic mass is 15.2. The van der Waals surface area contributed by atoms with Crippen LogP contribution in [0.3, 0.4) is 0 Å². The van der Waals surface area contributed by atoms with Crippen LogP contribution in [-0.4, -0.2) is 10.2 Å². The summed E-state index contributed by atoms with van der Waals surface area (Å²) in [7, 11) is 0. The number of aromatic nitrogens is 2. The molecule has 2 aromatic rings.